The van der Waals surface area contributed by atoms with Crippen molar-refractivity contribution in [3.05, 3.63) is 47.3 Å². The smallest absolute Gasteiger partial charge is 0.244 e. The predicted molar refractivity (Wildman–Crippen MR) is 109 cm³/mol. The molecule has 0 aliphatic carbocycles. The molecule has 1 aliphatic heterocycles. The second-order valence-corrected chi connectivity index (χ2v) is 7.57. The van der Waals surface area contributed by atoms with Gasteiger partial charge in [0.25, 0.3) is 0 Å². The molecule has 2 heterocycles. The Labute approximate surface area is 166 Å². The zero-order valence-electron chi connectivity index (χ0n) is 17.1. The van der Waals surface area contributed by atoms with Crippen LogP contribution in [0.2, 0.25) is 0 Å². The lowest BCUT2D eigenvalue weighted by Crippen LogP contribution is -2.48. The fraction of sp³-hybridized carbons (Fsp3) is 0.500. The molecule has 1 saturated heterocycles. The summed E-state index contributed by atoms with van der Waals surface area (Å²) in [6, 6.07) is 9.51. The summed E-state index contributed by atoms with van der Waals surface area (Å²) < 4.78 is 1.92. The van der Waals surface area contributed by atoms with Crippen molar-refractivity contribution in [1.29, 1.82) is 0 Å². The number of nitrogens with one attached hydrogen (secondary N) is 1. The van der Waals surface area contributed by atoms with Crippen molar-refractivity contribution >= 4 is 11.8 Å². The lowest BCUT2D eigenvalue weighted by atomic mass is 10.1. The molecule has 1 N–H and O–H groups in total. The van der Waals surface area contributed by atoms with Crippen LogP contribution in [0.1, 0.15) is 49.6 Å². The molecular weight excluding hydrogens is 352 g/mol. The summed E-state index contributed by atoms with van der Waals surface area (Å²) in [5.41, 5.74) is 4.09. The van der Waals surface area contributed by atoms with Crippen LogP contribution in [0.5, 0.6) is 0 Å². The monoisotopic (exact) mass is 382 g/mol. The van der Waals surface area contributed by atoms with E-state index in [0.29, 0.717) is 12.8 Å². The Kier molecular flexibility index (Phi) is 6.49. The van der Waals surface area contributed by atoms with E-state index < -0.39 is 6.04 Å². The molecule has 3 rings (SSSR count). The molecule has 0 saturated carbocycles. The lowest BCUT2D eigenvalue weighted by molar-refractivity contribution is -0.136. The Morgan fingerprint density at radius 2 is 1.79 bits per heavy atom. The van der Waals surface area contributed by atoms with Crippen molar-refractivity contribution < 1.29 is 9.59 Å². The molecule has 1 aliphatic rings. The molecule has 0 bridgehead atoms. The highest BCUT2D eigenvalue weighted by Gasteiger charge is 2.23. The van der Waals surface area contributed by atoms with Crippen LogP contribution in [0.15, 0.2) is 30.3 Å². The summed E-state index contributed by atoms with van der Waals surface area (Å²) >= 11 is 0. The van der Waals surface area contributed by atoms with Gasteiger partial charge in [0, 0.05) is 25.2 Å². The van der Waals surface area contributed by atoms with E-state index in [1.54, 1.807) is 6.92 Å². The van der Waals surface area contributed by atoms with Crippen molar-refractivity contribution in [2.24, 2.45) is 0 Å². The molecular formula is C22H30N4O2. The van der Waals surface area contributed by atoms with E-state index in [1.165, 1.54) is 6.42 Å². The van der Waals surface area contributed by atoms with Gasteiger partial charge in [-0.25, -0.2) is 4.68 Å². The first-order valence-electron chi connectivity index (χ1n) is 10.2. The van der Waals surface area contributed by atoms with Crippen LogP contribution in [-0.2, 0) is 16.0 Å². The standard InChI is InChI=1S/C22H30N4O2/c1-16-20(18(3)26(24-16)19-10-6-4-7-11-19)12-13-21(27)23-17(2)22(28)25-14-8-5-9-15-25/h4,6-7,10-11,17H,5,8-9,12-15H2,1-3H3,(H,23,27). The Morgan fingerprint density at radius 1 is 1.11 bits per heavy atom. The Balaban J connectivity index is 1.57. The van der Waals surface area contributed by atoms with Gasteiger partial charge in [0.1, 0.15) is 6.04 Å². The van der Waals surface area contributed by atoms with E-state index in [2.05, 4.69) is 10.4 Å². The SMILES string of the molecule is Cc1nn(-c2ccccc2)c(C)c1CCC(=O)NC(C)C(=O)N1CCCCC1. The molecule has 28 heavy (non-hydrogen) atoms. The third kappa shape index (κ3) is 4.61. The minimum Gasteiger partial charge on any atom is -0.345 e. The van der Waals surface area contributed by atoms with Crippen LogP contribution in [0.4, 0.5) is 0 Å². The average Bonchev–Trinajstić information content (AvgIpc) is 3.00. The van der Waals surface area contributed by atoms with Crippen LogP contribution < -0.4 is 5.32 Å². The van der Waals surface area contributed by atoms with E-state index in [4.69, 9.17) is 0 Å². The first kappa shape index (κ1) is 20.1. The molecule has 1 unspecified atom stereocenters. The number of likely N-dealkylation sites (tertiary alicyclic amines) is 1. The second-order valence-electron chi connectivity index (χ2n) is 7.57. The fourth-order valence-corrected chi connectivity index (χ4v) is 3.86. The summed E-state index contributed by atoms with van der Waals surface area (Å²) in [6.07, 6.45) is 4.24. The summed E-state index contributed by atoms with van der Waals surface area (Å²) in [5, 5.41) is 7.50. The molecule has 2 aromatic rings. The average molecular weight is 383 g/mol. The van der Waals surface area contributed by atoms with Gasteiger partial charge in [-0.05, 0) is 64.2 Å². The van der Waals surface area contributed by atoms with Crippen molar-refractivity contribution in [2.45, 2.75) is 58.9 Å². The molecule has 1 fully saturated rings. The van der Waals surface area contributed by atoms with Crippen LogP contribution in [0, 0.1) is 13.8 Å². The number of nitrogens with zero attached hydrogens (tertiary/aromatic N) is 3. The van der Waals surface area contributed by atoms with Crippen LogP contribution in [0.3, 0.4) is 0 Å². The molecule has 1 atom stereocenters. The molecule has 1 aromatic carbocycles. The number of rotatable bonds is 6. The van der Waals surface area contributed by atoms with Gasteiger partial charge in [-0.15, -0.1) is 0 Å². The van der Waals surface area contributed by atoms with E-state index in [9.17, 15) is 9.59 Å². The number of hydrogen-bond donors (Lipinski definition) is 1. The third-order valence-electron chi connectivity index (χ3n) is 5.46. The molecule has 0 radical (unpaired) electrons. The van der Waals surface area contributed by atoms with Gasteiger partial charge in [0.05, 0.1) is 11.4 Å². The normalized spacial score (nSPS) is 15.3. The maximum absolute atomic E-state index is 12.5. The molecule has 0 spiro atoms. The highest BCUT2D eigenvalue weighted by molar-refractivity contribution is 5.87. The van der Waals surface area contributed by atoms with E-state index >= 15 is 0 Å². The molecule has 6 nitrogen and oxygen atoms in total. The first-order valence-corrected chi connectivity index (χ1v) is 10.2. The fourth-order valence-electron chi connectivity index (χ4n) is 3.86. The molecule has 2 amide bonds. The molecule has 6 heteroatoms. The number of benzene rings is 1. The maximum atomic E-state index is 12.5. The summed E-state index contributed by atoms with van der Waals surface area (Å²) in [6.45, 7) is 7.38. The van der Waals surface area contributed by atoms with E-state index in [1.807, 2.05) is 53.8 Å². The van der Waals surface area contributed by atoms with Gasteiger partial charge in [0.15, 0.2) is 0 Å². The van der Waals surface area contributed by atoms with Crippen molar-refractivity contribution in [1.82, 2.24) is 20.0 Å². The highest BCUT2D eigenvalue weighted by Crippen LogP contribution is 2.19. The molecule has 150 valence electrons. The molecule has 1 aromatic heterocycles. The van der Waals surface area contributed by atoms with Gasteiger partial charge in [0.2, 0.25) is 11.8 Å². The quantitative estimate of drug-likeness (QED) is 0.835. The zero-order chi connectivity index (χ0) is 20.1. The summed E-state index contributed by atoms with van der Waals surface area (Å²) in [4.78, 5) is 26.7. The van der Waals surface area contributed by atoms with Crippen LogP contribution in [-0.4, -0.2) is 45.6 Å². The van der Waals surface area contributed by atoms with Gasteiger partial charge < -0.3 is 10.2 Å². The first-order chi connectivity index (χ1) is 13.5. The number of aryl methyl sites for hydroxylation is 1. The number of carbonyl (C=O) groups excluding carboxylic acids is 2. The Bertz CT molecular complexity index is 823. The van der Waals surface area contributed by atoms with Gasteiger partial charge in [-0.3, -0.25) is 9.59 Å². The lowest BCUT2D eigenvalue weighted by Gasteiger charge is -2.29. The van der Waals surface area contributed by atoms with Gasteiger partial charge in [-0.2, -0.15) is 5.10 Å². The number of amides is 2. The number of carbonyl (C=O) groups is 2. The number of piperidine rings is 1. The van der Waals surface area contributed by atoms with E-state index in [-0.39, 0.29) is 11.8 Å². The van der Waals surface area contributed by atoms with Crippen molar-refractivity contribution in [3.63, 3.8) is 0 Å². The Morgan fingerprint density at radius 3 is 2.46 bits per heavy atom. The zero-order valence-corrected chi connectivity index (χ0v) is 17.1. The minimum absolute atomic E-state index is 0.0253. The number of hydrogen-bond acceptors (Lipinski definition) is 3. The summed E-state index contributed by atoms with van der Waals surface area (Å²) in [7, 11) is 0. The third-order valence-corrected chi connectivity index (χ3v) is 5.46. The maximum Gasteiger partial charge on any atom is 0.244 e. The number of para-hydroxylation sites is 1. The largest absolute Gasteiger partial charge is 0.345 e. The second kappa shape index (κ2) is 9.04. The van der Waals surface area contributed by atoms with Crippen LogP contribution >= 0.6 is 0 Å². The highest BCUT2D eigenvalue weighted by atomic mass is 16.2. The summed E-state index contributed by atoms with van der Waals surface area (Å²) in [5.74, 6) is -0.0681. The minimum atomic E-state index is -0.472. The van der Waals surface area contributed by atoms with E-state index in [0.717, 1.165) is 48.6 Å². The Hall–Kier alpha value is -2.63. The van der Waals surface area contributed by atoms with Crippen LogP contribution in [0.25, 0.3) is 5.69 Å². The van der Waals surface area contributed by atoms with Crippen molar-refractivity contribution in [3.8, 4) is 5.69 Å². The topological polar surface area (TPSA) is 67.2 Å². The van der Waals surface area contributed by atoms with Gasteiger partial charge in [-0.1, -0.05) is 18.2 Å². The van der Waals surface area contributed by atoms with Crippen molar-refractivity contribution in [2.75, 3.05) is 13.1 Å². The number of aromatic nitrogens is 2. The van der Waals surface area contributed by atoms with Gasteiger partial charge >= 0.3 is 0 Å². The predicted octanol–water partition coefficient (Wildman–Crippen LogP) is 2.94.